The number of ether oxygens (including phenoxy) is 1. The van der Waals surface area contributed by atoms with E-state index in [-0.39, 0.29) is 4.90 Å². The summed E-state index contributed by atoms with van der Waals surface area (Å²) >= 11 is 0. The number of aryl methyl sites for hydroxylation is 1. The second kappa shape index (κ2) is 5.35. The van der Waals surface area contributed by atoms with Crippen molar-refractivity contribution in [1.82, 2.24) is 4.72 Å². The Hall–Kier alpha value is -1.11. The Balaban J connectivity index is 2.36. The Morgan fingerprint density at radius 1 is 1.35 bits per heavy atom. The first-order valence-corrected chi connectivity index (χ1v) is 8.20. The standard InChI is InChI=1S/C14H22N2O3S/c1-10-7-12(15)8-13(11(10)2)20(17,18)16-14(3)5-4-6-19-9-14/h7-8,16H,4-6,9,15H2,1-3H3. The van der Waals surface area contributed by atoms with Gasteiger partial charge >= 0.3 is 0 Å². The fourth-order valence-corrected chi connectivity index (χ4v) is 4.30. The lowest BCUT2D eigenvalue weighted by Gasteiger charge is -2.34. The molecule has 1 fully saturated rings. The molecule has 1 atom stereocenters. The highest BCUT2D eigenvalue weighted by atomic mass is 32.2. The minimum absolute atomic E-state index is 0.252. The van der Waals surface area contributed by atoms with Crippen LogP contribution in [-0.4, -0.2) is 27.2 Å². The van der Waals surface area contributed by atoms with Gasteiger partial charge in [-0.05, 0) is 56.9 Å². The Morgan fingerprint density at radius 3 is 2.65 bits per heavy atom. The van der Waals surface area contributed by atoms with E-state index in [0.29, 0.717) is 18.9 Å². The normalized spacial score (nSPS) is 23.8. The van der Waals surface area contributed by atoms with Crippen molar-refractivity contribution >= 4 is 15.7 Å². The van der Waals surface area contributed by atoms with E-state index >= 15 is 0 Å². The second-order valence-corrected chi connectivity index (χ2v) is 7.43. The highest BCUT2D eigenvalue weighted by Crippen LogP contribution is 2.26. The zero-order chi connectivity index (χ0) is 15.0. The third-order valence-electron chi connectivity index (χ3n) is 3.75. The lowest BCUT2D eigenvalue weighted by Crippen LogP contribution is -2.51. The molecule has 20 heavy (non-hydrogen) atoms. The van der Waals surface area contributed by atoms with Crippen LogP contribution in [0, 0.1) is 13.8 Å². The van der Waals surface area contributed by atoms with Crippen molar-refractivity contribution in [2.45, 2.75) is 44.0 Å². The molecule has 0 aliphatic carbocycles. The number of hydrogen-bond acceptors (Lipinski definition) is 4. The van der Waals surface area contributed by atoms with E-state index < -0.39 is 15.6 Å². The minimum Gasteiger partial charge on any atom is -0.399 e. The molecule has 1 aromatic rings. The Labute approximate surface area is 120 Å². The third-order valence-corrected chi connectivity index (χ3v) is 5.51. The van der Waals surface area contributed by atoms with Crippen LogP contribution in [0.25, 0.3) is 0 Å². The molecular weight excluding hydrogens is 276 g/mol. The summed E-state index contributed by atoms with van der Waals surface area (Å²) in [6, 6.07) is 3.29. The molecule has 0 bridgehead atoms. The van der Waals surface area contributed by atoms with Gasteiger partial charge in [-0.25, -0.2) is 13.1 Å². The Kier molecular flexibility index (Phi) is 4.09. The maximum absolute atomic E-state index is 12.6. The lowest BCUT2D eigenvalue weighted by molar-refractivity contribution is 0.0386. The Morgan fingerprint density at radius 2 is 2.05 bits per heavy atom. The first kappa shape index (κ1) is 15.3. The molecule has 1 heterocycles. The van der Waals surface area contributed by atoms with Gasteiger partial charge in [0, 0.05) is 12.3 Å². The summed E-state index contributed by atoms with van der Waals surface area (Å²) in [5, 5.41) is 0. The molecule has 6 heteroatoms. The van der Waals surface area contributed by atoms with E-state index in [4.69, 9.17) is 10.5 Å². The number of nitrogens with one attached hydrogen (secondary N) is 1. The van der Waals surface area contributed by atoms with Gasteiger partial charge in [-0.1, -0.05) is 0 Å². The third kappa shape index (κ3) is 3.13. The predicted octanol–water partition coefficient (Wildman–Crippen LogP) is 1.73. The largest absolute Gasteiger partial charge is 0.399 e. The molecule has 1 aromatic carbocycles. The van der Waals surface area contributed by atoms with Crippen molar-refractivity contribution in [3.63, 3.8) is 0 Å². The highest BCUT2D eigenvalue weighted by Gasteiger charge is 2.33. The summed E-state index contributed by atoms with van der Waals surface area (Å²) in [7, 11) is -3.60. The maximum Gasteiger partial charge on any atom is 0.241 e. The van der Waals surface area contributed by atoms with Gasteiger partial charge in [0.1, 0.15) is 0 Å². The molecule has 0 saturated carbocycles. The quantitative estimate of drug-likeness (QED) is 0.833. The second-order valence-electron chi connectivity index (χ2n) is 5.78. The number of sulfonamides is 1. The van der Waals surface area contributed by atoms with Gasteiger partial charge in [-0.2, -0.15) is 0 Å². The zero-order valence-corrected chi connectivity index (χ0v) is 13.0. The van der Waals surface area contributed by atoms with Crippen molar-refractivity contribution in [2.75, 3.05) is 18.9 Å². The minimum atomic E-state index is -3.60. The van der Waals surface area contributed by atoms with Crippen molar-refractivity contribution in [3.05, 3.63) is 23.3 Å². The zero-order valence-electron chi connectivity index (χ0n) is 12.2. The highest BCUT2D eigenvalue weighted by molar-refractivity contribution is 7.89. The van der Waals surface area contributed by atoms with E-state index in [1.807, 2.05) is 13.8 Å². The van der Waals surface area contributed by atoms with Crippen LogP contribution in [0.2, 0.25) is 0 Å². The molecule has 0 spiro atoms. The van der Waals surface area contributed by atoms with Crippen molar-refractivity contribution in [2.24, 2.45) is 0 Å². The summed E-state index contributed by atoms with van der Waals surface area (Å²) in [6.45, 7) is 6.61. The van der Waals surface area contributed by atoms with E-state index in [1.54, 1.807) is 13.0 Å². The number of benzene rings is 1. The topological polar surface area (TPSA) is 81.4 Å². The van der Waals surface area contributed by atoms with Crippen LogP contribution < -0.4 is 10.5 Å². The average Bonchev–Trinajstić information content (AvgIpc) is 2.33. The molecule has 2 rings (SSSR count). The number of nitrogen functional groups attached to an aromatic ring is 1. The lowest BCUT2D eigenvalue weighted by atomic mass is 9.97. The van der Waals surface area contributed by atoms with E-state index in [9.17, 15) is 8.42 Å². The van der Waals surface area contributed by atoms with Gasteiger partial charge < -0.3 is 10.5 Å². The molecule has 0 aromatic heterocycles. The molecule has 0 amide bonds. The molecular formula is C14H22N2O3S. The van der Waals surface area contributed by atoms with Crippen LogP contribution in [0.5, 0.6) is 0 Å². The van der Waals surface area contributed by atoms with Crippen LogP contribution in [0.15, 0.2) is 17.0 Å². The summed E-state index contributed by atoms with van der Waals surface area (Å²) in [5.74, 6) is 0. The van der Waals surface area contributed by atoms with Gasteiger partial charge in [0.2, 0.25) is 10.0 Å². The van der Waals surface area contributed by atoms with Crippen molar-refractivity contribution < 1.29 is 13.2 Å². The number of nitrogens with two attached hydrogens (primary N) is 1. The molecule has 5 nitrogen and oxygen atoms in total. The maximum atomic E-state index is 12.6. The fraction of sp³-hybridized carbons (Fsp3) is 0.571. The molecule has 1 saturated heterocycles. The smallest absolute Gasteiger partial charge is 0.241 e. The Bertz CT molecular complexity index is 605. The summed E-state index contributed by atoms with van der Waals surface area (Å²) in [6.07, 6.45) is 1.63. The van der Waals surface area contributed by atoms with Gasteiger partial charge in [-0.3, -0.25) is 0 Å². The number of anilines is 1. The first-order chi connectivity index (χ1) is 9.23. The van der Waals surface area contributed by atoms with Gasteiger partial charge in [-0.15, -0.1) is 0 Å². The van der Waals surface area contributed by atoms with Gasteiger partial charge in [0.25, 0.3) is 0 Å². The van der Waals surface area contributed by atoms with Gasteiger partial charge in [0.05, 0.1) is 17.0 Å². The summed E-state index contributed by atoms with van der Waals surface area (Å²) in [5.41, 5.74) is 7.28. The number of rotatable bonds is 3. The molecule has 0 radical (unpaired) electrons. The molecule has 112 valence electrons. The monoisotopic (exact) mass is 298 g/mol. The number of hydrogen-bond donors (Lipinski definition) is 2. The van der Waals surface area contributed by atoms with E-state index in [0.717, 1.165) is 24.0 Å². The van der Waals surface area contributed by atoms with Crippen molar-refractivity contribution in [1.29, 1.82) is 0 Å². The molecule has 1 aliphatic heterocycles. The van der Waals surface area contributed by atoms with Crippen LogP contribution >= 0.6 is 0 Å². The molecule has 1 aliphatic rings. The first-order valence-electron chi connectivity index (χ1n) is 6.72. The SMILES string of the molecule is Cc1cc(N)cc(S(=O)(=O)NC2(C)CCCOC2)c1C. The molecule has 3 N–H and O–H groups in total. The van der Waals surface area contributed by atoms with Crippen LogP contribution in [0.3, 0.4) is 0 Å². The van der Waals surface area contributed by atoms with E-state index in [1.165, 1.54) is 6.07 Å². The van der Waals surface area contributed by atoms with Crippen LogP contribution in [0.4, 0.5) is 5.69 Å². The fourth-order valence-electron chi connectivity index (χ4n) is 2.53. The van der Waals surface area contributed by atoms with Crippen molar-refractivity contribution in [3.8, 4) is 0 Å². The van der Waals surface area contributed by atoms with Gasteiger partial charge in [0.15, 0.2) is 0 Å². The average molecular weight is 298 g/mol. The van der Waals surface area contributed by atoms with Crippen LogP contribution in [0.1, 0.15) is 30.9 Å². The summed E-state index contributed by atoms with van der Waals surface area (Å²) < 4.78 is 33.4. The molecule has 1 unspecified atom stereocenters. The predicted molar refractivity (Wildman–Crippen MR) is 79.1 cm³/mol. The van der Waals surface area contributed by atoms with Crippen LogP contribution in [-0.2, 0) is 14.8 Å². The summed E-state index contributed by atoms with van der Waals surface area (Å²) in [4.78, 5) is 0.252. The van der Waals surface area contributed by atoms with E-state index in [2.05, 4.69) is 4.72 Å².